The highest BCUT2D eigenvalue weighted by molar-refractivity contribution is 7.15. The second-order valence-corrected chi connectivity index (χ2v) is 6.82. The Labute approximate surface area is 134 Å². The van der Waals surface area contributed by atoms with E-state index in [-0.39, 0.29) is 24.2 Å². The maximum absolute atomic E-state index is 12.4. The van der Waals surface area contributed by atoms with Crippen LogP contribution in [0.15, 0.2) is 18.9 Å². The second kappa shape index (κ2) is 7.56. The summed E-state index contributed by atoms with van der Waals surface area (Å²) in [6.07, 6.45) is 3.27. The van der Waals surface area contributed by atoms with Crippen molar-refractivity contribution in [1.82, 2.24) is 9.88 Å². The van der Waals surface area contributed by atoms with E-state index >= 15 is 0 Å². The van der Waals surface area contributed by atoms with Crippen molar-refractivity contribution in [3.63, 3.8) is 0 Å². The van der Waals surface area contributed by atoms with E-state index in [9.17, 15) is 9.59 Å². The van der Waals surface area contributed by atoms with Crippen LogP contribution in [0.5, 0.6) is 0 Å². The van der Waals surface area contributed by atoms with Crippen molar-refractivity contribution in [3.8, 4) is 0 Å². The van der Waals surface area contributed by atoms with Gasteiger partial charge in [-0.3, -0.25) is 9.59 Å². The number of nitrogens with zero attached hydrogens (tertiary/aromatic N) is 2. The van der Waals surface area contributed by atoms with Crippen molar-refractivity contribution >= 4 is 39.9 Å². The van der Waals surface area contributed by atoms with E-state index in [1.807, 2.05) is 6.92 Å². The van der Waals surface area contributed by atoms with Gasteiger partial charge in [-0.25, -0.2) is 4.98 Å². The molecule has 116 valence electrons. The van der Waals surface area contributed by atoms with Gasteiger partial charge in [0.1, 0.15) is 6.54 Å². The number of nitrogens with one attached hydrogen (secondary N) is 1. The molecule has 0 atom stereocenters. The standard InChI is InChI=1S/C14H20ClN3O2S/c1-5-6-18(12(20)14(3,4)9-15)8-11(19)17-13-16-7-10(2)21-13/h5,7H,1,6,8-9H2,2-4H3,(H,16,17,19). The molecule has 0 aliphatic carbocycles. The van der Waals surface area contributed by atoms with E-state index in [1.54, 1.807) is 26.1 Å². The fourth-order valence-corrected chi connectivity index (χ4v) is 2.40. The van der Waals surface area contributed by atoms with Gasteiger partial charge in [0.05, 0.1) is 5.41 Å². The molecule has 0 aliphatic rings. The van der Waals surface area contributed by atoms with Crippen LogP contribution in [-0.2, 0) is 9.59 Å². The van der Waals surface area contributed by atoms with Crippen molar-refractivity contribution in [2.24, 2.45) is 5.41 Å². The summed E-state index contributed by atoms with van der Waals surface area (Å²) in [4.78, 5) is 30.9. The van der Waals surface area contributed by atoms with Crippen molar-refractivity contribution in [3.05, 3.63) is 23.7 Å². The van der Waals surface area contributed by atoms with Crippen LogP contribution in [0.25, 0.3) is 0 Å². The van der Waals surface area contributed by atoms with Gasteiger partial charge in [-0.05, 0) is 20.8 Å². The highest BCUT2D eigenvalue weighted by Crippen LogP contribution is 2.21. The third kappa shape index (κ3) is 5.13. The minimum atomic E-state index is -0.720. The lowest BCUT2D eigenvalue weighted by Crippen LogP contribution is -2.45. The number of anilines is 1. The van der Waals surface area contributed by atoms with Gasteiger partial charge in [0.25, 0.3) is 0 Å². The summed E-state index contributed by atoms with van der Waals surface area (Å²) < 4.78 is 0. The van der Waals surface area contributed by atoms with Crippen molar-refractivity contribution in [2.75, 3.05) is 24.3 Å². The SMILES string of the molecule is C=CCN(CC(=O)Nc1ncc(C)s1)C(=O)C(C)(C)CCl. The van der Waals surface area contributed by atoms with Crippen LogP contribution in [-0.4, -0.2) is 40.7 Å². The van der Waals surface area contributed by atoms with Gasteiger partial charge in [0, 0.05) is 23.5 Å². The zero-order valence-electron chi connectivity index (χ0n) is 12.5. The maximum Gasteiger partial charge on any atom is 0.245 e. The van der Waals surface area contributed by atoms with Gasteiger partial charge in [-0.1, -0.05) is 6.08 Å². The molecule has 7 heteroatoms. The third-order valence-electron chi connectivity index (χ3n) is 2.75. The Balaban J connectivity index is 2.71. The van der Waals surface area contributed by atoms with Crippen molar-refractivity contribution < 1.29 is 9.59 Å². The number of alkyl halides is 1. The number of halogens is 1. The Kier molecular flexibility index (Phi) is 6.36. The molecular formula is C14H20ClN3O2S. The van der Waals surface area contributed by atoms with Crippen LogP contribution in [0.3, 0.4) is 0 Å². The van der Waals surface area contributed by atoms with Gasteiger partial charge in [0.2, 0.25) is 11.8 Å². The zero-order valence-corrected chi connectivity index (χ0v) is 14.1. The molecule has 1 N–H and O–H groups in total. The van der Waals surface area contributed by atoms with E-state index < -0.39 is 5.41 Å². The van der Waals surface area contributed by atoms with Crippen LogP contribution in [0.2, 0.25) is 0 Å². The van der Waals surface area contributed by atoms with E-state index in [0.29, 0.717) is 11.7 Å². The number of aromatic nitrogens is 1. The smallest absolute Gasteiger partial charge is 0.245 e. The summed E-state index contributed by atoms with van der Waals surface area (Å²) >= 11 is 7.21. The van der Waals surface area contributed by atoms with Gasteiger partial charge >= 0.3 is 0 Å². The first kappa shape index (κ1) is 17.7. The van der Waals surface area contributed by atoms with E-state index in [1.165, 1.54) is 16.2 Å². The third-order valence-corrected chi connectivity index (χ3v) is 4.25. The number of thiazole rings is 1. The highest BCUT2D eigenvalue weighted by Gasteiger charge is 2.31. The van der Waals surface area contributed by atoms with Gasteiger partial charge in [-0.2, -0.15) is 0 Å². The molecule has 1 rings (SSSR count). The fourth-order valence-electron chi connectivity index (χ4n) is 1.60. The number of aryl methyl sites for hydroxylation is 1. The average Bonchev–Trinajstić information content (AvgIpc) is 2.82. The topological polar surface area (TPSA) is 62.3 Å². The number of rotatable bonds is 7. The molecule has 21 heavy (non-hydrogen) atoms. The largest absolute Gasteiger partial charge is 0.329 e. The molecule has 0 saturated heterocycles. The predicted octanol–water partition coefficient (Wildman–Crippen LogP) is 2.67. The Hall–Kier alpha value is -1.40. The van der Waals surface area contributed by atoms with Gasteiger partial charge < -0.3 is 10.2 Å². The molecule has 0 fully saturated rings. The second-order valence-electron chi connectivity index (χ2n) is 5.32. The summed E-state index contributed by atoms with van der Waals surface area (Å²) in [5, 5.41) is 3.21. The first-order valence-electron chi connectivity index (χ1n) is 6.48. The monoisotopic (exact) mass is 329 g/mol. The van der Waals surface area contributed by atoms with Crippen LogP contribution in [0.4, 0.5) is 5.13 Å². The minimum Gasteiger partial charge on any atom is -0.329 e. The summed E-state index contributed by atoms with van der Waals surface area (Å²) in [5.74, 6) is -0.278. The summed E-state index contributed by atoms with van der Waals surface area (Å²) in [7, 11) is 0. The molecule has 0 unspecified atom stereocenters. The van der Waals surface area contributed by atoms with Crippen LogP contribution in [0.1, 0.15) is 18.7 Å². The Morgan fingerprint density at radius 2 is 2.24 bits per heavy atom. The van der Waals surface area contributed by atoms with Crippen LogP contribution < -0.4 is 5.32 Å². The van der Waals surface area contributed by atoms with Crippen LogP contribution >= 0.6 is 22.9 Å². The lowest BCUT2D eigenvalue weighted by molar-refractivity contribution is -0.141. The highest BCUT2D eigenvalue weighted by atomic mass is 35.5. The van der Waals surface area contributed by atoms with E-state index in [4.69, 9.17) is 11.6 Å². The number of hydrogen-bond acceptors (Lipinski definition) is 4. The Morgan fingerprint density at radius 1 is 1.57 bits per heavy atom. The molecule has 1 aromatic rings. The molecule has 2 amide bonds. The van der Waals surface area contributed by atoms with Gasteiger partial charge in [0.15, 0.2) is 5.13 Å². The number of carbonyl (C=O) groups excluding carboxylic acids is 2. The number of carbonyl (C=O) groups is 2. The summed E-state index contributed by atoms with van der Waals surface area (Å²) in [6, 6.07) is 0. The number of hydrogen-bond donors (Lipinski definition) is 1. The fraction of sp³-hybridized carbons (Fsp3) is 0.500. The molecule has 0 spiro atoms. The summed E-state index contributed by atoms with van der Waals surface area (Å²) in [5.41, 5.74) is -0.720. The van der Waals surface area contributed by atoms with E-state index in [0.717, 1.165) is 4.88 Å². The Bertz CT molecular complexity index is 528. The van der Waals surface area contributed by atoms with E-state index in [2.05, 4.69) is 16.9 Å². The average molecular weight is 330 g/mol. The molecule has 1 aromatic heterocycles. The lowest BCUT2D eigenvalue weighted by atomic mass is 9.94. The quantitative estimate of drug-likeness (QED) is 0.618. The van der Waals surface area contributed by atoms with Crippen LogP contribution in [0, 0.1) is 12.3 Å². The van der Waals surface area contributed by atoms with Gasteiger partial charge in [-0.15, -0.1) is 29.5 Å². The molecule has 0 radical (unpaired) electrons. The lowest BCUT2D eigenvalue weighted by Gasteiger charge is -2.29. The predicted molar refractivity (Wildman–Crippen MR) is 86.8 cm³/mol. The zero-order chi connectivity index (χ0) is 16.0. The molecule has 0 saturated carbocycles. The molecular weight excluding hydrogens is 310 g/mol. The molecule has 5 nitrogen and oxygen atoms in total. The molecule has 0 aliphatic heterocycles. The summed E-state index contributed by atoms with van der Waals surface area (Å²) in [6.45, 7) is 9.27. The maximum atomic E-state index is 12.4. The normalized spacial score (nSPS) is 11.0. The van der Waals surface area contributed by atoms with Crippen molar-refractivity contribution in [2.45, 2.75) is 20.8 Å². The molecule has 0 aromatic carbocycles. The first-order valence-corrected chi connectivity index (χ1v) is 7.83. The Morgan fingerprint density at radius 3 is 2.71 bits per heavy atom. The molecule has 0 bridgehead atoms. The first-order chi connectivity index (χ1) is 9.80. The number of amides is 2. The van der Waals surface area contributed by atoms with Crippen molar-refractivity contribution in [1.29, 1.82) is 0 Å². The molecule has 1 heterocycles. The minimum absolute atomic E-state index is 0.0518.